The molecule has 0 atom stereocenters. The second kappa shape index (κ2) is 15.6. The van der Waals surface area contributed by atoms with Crippen molar-refractivity contribution in [3.05, 3.63) is 41.7 Å². The first-order valence-corrected chi connectivity index (χ1v) is 15.6. The molecule has 41 heavy (non-hydrogen) atoms. The first-order chi connectivity index (χ1) is 20.1. The Kier molecular flexibility index (Phi) is 11.6. The molecule has 4 rings (SSSR count). The van der Waals surface area contributed by atoms with Gasteiger partial charge in [-0.1, -0.05) is 78.1 Å². The summed E-state index contributed by atoms with van der Waals surface area (Å²) in [5.74, 6) is 1.69. The fourth-order valence-electron chi connectivity index (χ4n) is 5.74. The Bertz CT molecular complexity index is 1260. The Hall–Kier alpha value is -3.35. The summed E-state index contributed by atoms with van der Waals surface area (Å²) in [5, 5.41) is 1.83. The SMILES string of the molecule is CCCCCCCCN(CCCCCCCC)c1ncc(-c2c3c(cc4cc(OC)c(OC)cc24)COC3=O)cn1. The van der Waals surface area contributed by atoms with Crippen molar-refractivity contribution in [2.75, 3.05) is 32.2 Å². The van der Waals surface area contributed by atoms with Gasteiger partial charge in [0.05, 0.1) is 19.8 Å². The average Bonchev–Trinajstić information content (AvgIpc) is 3.37. The predicted octanol–water partition coefficient (Wildman–Crippen LogP) is 8.51. The molecular formula is C34H47N3O4. The number of carbonyl (C=O) groups excluding carboxylic acids is 1. The number of hydrogen-bond acceptors (Lipinski definition) is 7. The Labute approximate surface area is 245 Å². The smallest absolute Gasteiger partial charge is 0.339 e. The highest BCUT2D eigenvalue weighted by molar-refractivity contribution is 6.11. The van der Waals surface area contributed by atoms with Crippen molar-refractivity contribution in [2.45, 2.75) is 97.5 Å². The lowest BCUT2D eigenvalue weighted by molar-refractivity contribution is 0.0535. The summed E-state index contributed by atoms with van der Waals surface area (Å²) < 4.78 is 16.6. The summed E-state index contributed by atoms with van der Waals surface area (Å²) in [5.41, 5.74) is 3.02. The van der Waals surface area contributed by atoms with E-state index in [0.29, 0.717) is 17.1 Å². The molecule has 0 amide bonds. The summed E-state index contributed by atoms with van der Waals surface area (Å²) in [6.07, 6.45) is 18.8. The lowest BCUT2D eigenvalue weighted by atomic mass is 9.91. The molecule has 2 heterocycles. The molecular weight excluding hydrogens is 514 g/mol. The highest BCUT2D eigenvalue weighted by Crippen LogP contribution is 2.42. The molecule has 2 aromatic carbocycles. The van der Waals surface area contributed by atoms with E-state index < -0.39 is 0 Å². The number of esters is 1. The minimum Gasteiger partial charge on any atom is -0.493 e. The zero-order valence-electron chi connectivity index (χ0n) is 25.5. The summed E-state index contributed by atoms with van der Waals surface area (Å²) in [6.45, 7) is 6.70. The van der Waals surface area contributed by atoms with Gasteiger partial charge < -0.3 is 19.1 Å². The van der Waals surface area contributed by atoms with Gasteiger partial charge in [0.2, 0.25) is 5.95 Å². The predicted molar refractivity (Wildman–Crippen MR) is 166 cm³/mol. The number of hydrogen-bond donors (Lipinski definition) is 0. The fourth-order valence-corrected chi connectivity index (χ4v) is 5.74. The average molecular weight is 562 g/mol. The molecule has 0 saturated carbocycles. The molecule has 0 saturated heterocycles. The number of anilines is 1. The molecule has 0 spiro atoms. The number of aromatic nitrogens is 2. The molecule has 0 radical (unpaired) electrons. The molecule has 0 N–H and O–H groups in total. The van der Waals surface area contributed by atoms with Crippen molar-refractivity contribution < 1.29 is 19.0 Å². The third-order valence-electron chi connectivity index (χ3n) is 8.06. The van der Waals surface area contributed by atoms with Crippen LogP contribution < -0.4 is 14.4 Å². The van der Waals surface area contributed by atoms with Gasteiger partial charge in [0.15, 0.2) is 11.5 Å². The molecule has 0 unspecified atom stereocenters. The topological polar surface area (TPSA) is 73.8 Å². The molecule has 222 valence electrons. The number of carbonyl (C=O) groups is 1. The summed E-state index contributed by atoms with van der Waals surface area (Å²) >= 11 is 0. The summed E-state index contributed by atoms with van der Waals surface area (Å²) in [4.78, 5) is 24.9. The van der Waals surface area contributed by atoms with E-state index in [1.165, 1.54) is 64.2 Å². The monoisotopic (exact) mass is 561 g/mol. The van der Waals surface area contributed by atoms with Crippen molar-refractivity contribution in [1.82, 2.24) is 9.97 Å². The van der Waals surface area contributed by atoms with Gasteiger partial charge in [0.1, 0.15) is 6.61 Å². The van der Waals surface area contributed by atoms with Crippen LogP contribution in [0.25, 0.3) is 21.9 Å². The molecule has 3 aromatic rings. The number of cyclic esters (lactones) is 1. The van der Waals surface area contributed by atoms with Crippen molar-refractivity contribution >= 4 is 22.7 Å². The van der Waals surface area contributed by atoms with E-state index in [4.69, 9.17) is 24.2 Å². The highest BCUT2D eigenvalue weighted by Gasteiger charge is 2.29. The fraction of sp³-hybridized carbons (Fsp3) is 0.559. The number of fused-ring (bicyclic) bond motifs is 2. The van der Waals surface area contributed by atoms with Gasteiger partial charge in [0, 0.05) is 42.2 Å². The van der Waals surface area contributed by atoms with Gasteiger partial charge >= 0.3 is 5.97 Å². The maximum atomic E-state index is 12.9. The largest absolute Gasteiger partial charge is 0.493 e. The van der Waals surface area contributed by atoms with Crippen LogP contribution in [0.4, 0.5) is 5.95 Å². The van der Waals surface area contributed by atoms with Gasteiger partial charge in [-0.2, -0.15) is 0 Å². The van der Waals surface area contributed by atoms with Gasteiger partial charge in [0.25, 0.3) is 0 Å². The van der Waals surface area contributed by atoms with Crippen molar-refractivity contribution in [2.24, 2.45) is 0 Å². The normalized spacial score (nSPS) is 12.4. The van der Waals surface area contributed by atoms with Crippen LogP contribution in [-0.4, -0.2) is 43.2 Å². The van der Waals surface area contributed by atoms with Crippen LogP contribution in [0, 0.1) is 0 Å². The number of nitrogens with zero attached hydrogens (tertiary/aromatic N) is 3. The number of ether oxygens (including phenoxy) is 3. The van der Waals surface area contributed by atoms with Crippen LogP contribution in [0.3, 0.4) is 0 Å². The minimum atomic E-state index is -0.316. The molecule has 1 aliphatic rings. The van der Waals surface area contributed by atoms with Gasteiger partial charge in [-0.15, -0.1) is 0 Å². The first-order valence-electron chi connectivity index (χ1n) is 15.6. The maximum absolute atomic E-state index is 12.9. The van der Waals surface area contributed by atoms with Crippen LogP contribution in [0.15, 0.2) is 30.6 Å². The van der Waals surface area contributed by atoms with Crippen LogP contribution >= 0.6 is 0 Å². The van der Waals surface area contributed by atoms with Gasteiger partial charge in [-0.25, -0.2) is 14.8 Å². The van der Waals surface area contributed by atoms with Gasteiger partial charge in [-0.3, -0.25) is 0 Å². The lowest BCUT2D eigenvalue weighted by Crippen LogP contribution is -2.27. The second-order valence-electron chi connectivity index (χ2n) is 11.1. The highest BCUT2D eigenvalue weighted by atomic mass is 16.5. The number of methoxy groups -OCH3 is 2. The molecule has 0 fully saturated rings. The van der Waals surface area contributed by atoms with Crippen LogP contribution in [-0.2, 0) is 11.3 Å². The summed E-state index contributed by atoms with van der Waals surface area (Å²) in [7, 11) is 3.24. The van der Waals surface area contributed by atoms with Crippen LogP contribution in [0.2, 0.25) is 0 Å². The van der Waals surface area contributed by atoms with Crippen LogP contribution in [0.1, 0.15) is 107 Å². The molecule has 1 aromatic heterocycles. The van der Waals surface area contributed by atoms with E-state index in [1.807, 2.05) is 30.6 Å². The Morgan fingerprint density at radius 2 is 1.32 bits per heavy atom. The van der Waals surface area contributed by atoms with Crippen molar-refractivity contribution in [3.8, 4) is 22.6 Å². The lowest BCUT2D eigenvalue weighted by Gasteiger charge is -2.23. The molecule has 7 heteroatoms. The van der Waals surface area contributed by atoms with Crippen molar-refractivity contribution in [3.63, 3.8) is 0 Å². The third kappa shape index (κ3) is 7.69. The van der Waals surface area contributed by atoms with E-state index in [2.05, 4.69) is 18.7 Å². The van der Waals surface area contributed by atoms with E-state index in [9.17, 15) is 4.79 Å². The number of rotatable bonds is 18. The van der Waals surface area contributed by atoms with E-state index >= 15 is 0 Å². The van der Waals surface area contributed by atoms with E-state index in [1.54, 1.807) is 14.2 Å². The number of benzene rings is 2. The van der Waals surface area contributed by atoms with Gasteiger partial charge in [-0.05, 0) is 41.8 Å². The maximum Gasteiger partial charge on any atom is 0.339 e. The zero-order chi connectivity index (χ0) is 29.0. The standard InChI is InChI=1S/C34H47N3O4/c1-5-7-9-11-13-15-17-37(18-16-14-12-10-8-6-2)34-35-22-27(23-36-34)31-28-21-30(40-4)29(39-3)20-25(28)19-26-24-41-33(38)32(26)31/h19-23H,5-18,24H2,1-4H3. The molecule has 0 aliphatic carbocycles. The van der Waals surface area contributed by atoms with E-state index in [0.717, 1.165) is 59.3 Å². The Morgan fingerprint density at radius 3 is 1.90 bits per heavy atom. The Balaban J connectivity index is 1.60. The molecule has 1 aliphatic heterocycles. The quantitative estimate of drug-likeness (QED) is 0.114. The Morgan fingerprint density at radius 1 is 0.756 bits per heavy atom. The minimum absolute atomic E-state index is 0.259. The molecule has 0 bridgehead atoms. The third-order valence-corrected chi connectivity index (χ3v) is 8.06. The van der Waals surface area contributed by atoms with E-state index in [-0.39, 0.29) is 12.6 Å². The zero-order valence-corrected chi connectivity index (χ0v) is 25.5. The van der Waals surface area contributed by atoms with Crippen molar-refractivity contribution in [1.29, 1.82) is 0 Å². The summed E-state index contributed by atoms with van der Waals surface area (Å²) in [6, 6.07) is 5.87. The van der Waals surface area contributed by atoms with Crippen LogP contribution in [0.5, 0.6) is 11.5 Å². The number of unbranched alkanes of at least 4 members (excludes halogenated alkanes) is 10. The first kappa shape index (κ1) is 30.6. The molecule has 7 nitrogen and oxygen atoms in total. The second-order valence-corrected chi connectivity index (χ2v) is 11.1.